The van der Waals surface area contributed by atoms with Gasteiger partial charge in [0.2, 0.25) is 0 Å². The van der Waals surface area contributed by atoms with E-state index >= 15 is 0 Å². The predicted octanol–water partition coefficient (Wildman–Crippen LogP) is 4.16. The molecule has 4 rings (SSSR count). The molecule has 0 spiro atoms. The van der Waals surface area contributed by atoms with Crippen molar-refractivity contribution in [3.05, 3.63) is 46.3 Å². The minimum atomic E-state index is -0.633. The van der Waals surface area contributed by atoms with Crippen LogP contribution in [0.3, 0.4) is 0 Å². The summed E-state index contributed by atoms with van der Waals surface area (Å²) in [4.78, 5) is 24.8. The van der Waals surface area contributed by atoms with Gasteiger partial charge in [-0.3, -0.25) is 0 Å². The molecular weight excluding hydrogens is 304 g/mol. The number of esters is 1. The van der Waals surface area contributed by atoms with Gasteiger partial charge in [0.1, 0.15) is 17.3 Å². The molecule has 0 amide bonds. The number of fused-ring (bicyclic) bond motifs is 3. The Labute approximate surface area is 140 Å². The van der Waals surface area contributed by atoms with Gasteiger partial charge in [-0.2, -0.15) is 0 Å². The Kier molecular flexibility index (Phi) is 3.18. The molecule has 2 aliphatic rings. The minimum absolute atomic E-state index is 0.0159. The van der Waals surface area contributed by atoms with Crippen LogP contribution in [0.1, 0.15) is 50.4 Å². The van der Waals surface area contributed by atoms with Gasteiger partial charge in [0.25, 0.3) is 0 Å². The predicted molar refractivity (Wildman–Crippen MR) is 90.9 cm³/mol. The second-order valence-corrected chi connectivity index (χ2v) is 7.99. The molecule has 0 aliphatic heterocycles. The molecular formula is C20H22O4. The lowest BCUT2D eigenvalue weighted by Crippen LogP contribution is -2.38. The van der Waals surface area contributed by atoms with Crippen LogP contribution in [0.15, 0.2) is 39.5 Å². The number of hydrogen-bond donors (Lipinski definition) is 0. The fraction of sp³-hybridized carbons (Fsp3) is 0.500. The zero-order chi connectivity index (χ0) is 17.1. The number of carbonyl (C=O) groups is 1. The molecule has 3 atom stereocenters. The van der Waals surface area contributed by atoms with Crippen LogP contribution in [-0.2, 0) is 4.74 Å². The van der Waals surface area contributed by atoms with Crippen LogP contribution in [0.5, 0.6) is 0 Å². The van der Waals surface area contributed by atoms with E-state index in [9.17, 15) is 9.59 Å². The molecule has 24 heavy (non-hydrogen) atoms. The van der Waals surface area contributed by atoms with Gasteiger partial charge >= 0.3 is 11.6 Å². The Morgan fingerprint density at radius 2 is 2.00 bits per heavy atom. The highest BCUT2D eigenvalue weighted by Gasteiger charge is 2.62. The number of rotatable bonds is 2. The van der Waals surface area contributed by atoms with Crippen molar-refractivity contribution < 1.29 is 13.9 Å². The van der Waals surface area contributed by atoms with E-state index in [1.165, 1.54) is 6.42 Å². The fourth-order valence-corrected chi connectivity index (χ4v) is 4.71. The maximum Gasteiger partial charge on any atom is 0.351 e. The van der Waals surface area contributed by atoms with Crippen molar-refractivity contribution in [1.29, 1.82) is 0 Å². The lowest BCUT2D eigenvalue weighted by molar-refractivity contribution is -0.0245. The Bertz CT molecular complexity index is 879. The normalized spacial score (nSPS) is 30.6. The van der Waals surface area contributed by atoms with Gasteiger partial charge in [-0.15, -0.1) is 0 Å². The van der Waals surface area contributed by atoms with Crippen LogP contribution in [0.25, 0.3) is 11.0 Å². The molecule has 1 aromatic carbocycles. The van der Waals surface area contributed by atoms with E-state index < -0.39 is 11.6 Å². The summed E-state index contributed by atoms with van der Waals surface area (Å²) >= 11 is 0. The Balaban J connectivity index is 1.64. The summed E-state index contributed by atoms with van der Waals surface area (Å²) in [6.45, 7) is 6.74. The maximum atomic E-state index is 12.6. The molecule has 4 nitrogen and oxygen atoms in total. The molecule has 2 aliphatic carbocycles. The first-order valence-electron chi connectivity index (χ1n) is 8.57. The highest BCUT2D eigenvalue weighted by atomic mass is 16.5. The molecule has 0 saturated heterocycles. The first kappa shape index (κ1) is 15.4. The smallest absolute Gasteiger partial charge is 0.351 e. The summed E-state index contributed by atoms with van der Waals surface area (Å²) in [6, 6.07) is 8.74. The van der Waals surface area contributed by atoms with Gasteiger partial charge in [-0.1, -0.05) is 39.0 Å². The quantitative estimate of drug-likeness (QED) is 0.614. The molecule has 1 heterocycles. The zero-order valence-corrected chi connectivity index (χ0v) is 14.3. The second-order valence-electron chi connectivity index (χ2n) is 7.99. The van der Waals surface area contributed by atoms with Crippen LogP contribution in [0.2, 0.25) is 0 Å². The number of para-hydroxylation sites is 1. The molecule has 2 aromatic rings. The summed E-state index contributed by atoms with van der Waals surface area (Å²) < 4.78 is 11.1. The number of ether oxygens (including phenoxy) is 1. The van der Waals surface area contributed by atoms with E-state index in [0.29, 0.717) is 11.5 Å². The van der Waals surface area contributed by atoms with Gasteiger partial charge in [0, 0.05) is 10.8 Å². The maximum absolute atomic E-state index is 12.6. The van der Waals surface area contributed by atoms with Gasteiger partial charge in [0.05, 0.1) is 0 Å². The molecule has 2 fully saturated rings. The molecule has 0 radical (unpaired) electrons. The SMILES string of the molecule is CC1(C)C2CCC1(C)C(OC(=O)c1cc3ccccc3oc1=O)C2. The molecule has 1 aromatic heterocycles. The first-order chi connectivity index (χ1) is 11.3. The molecule has 2 saturated carbocycles. The largest absolute Gasteiger partial charge is 0.458 e. The summed E-state index contributed by atoms with van der Waals surface area (Å²) in [5.41, 5.74) is -0.0349. The Morgan fingerprint density at radius 3 is 2.67 bits per heavy atom. The van der Waals surface area contributed by atoms with Crippen molar-refractivity contribution in [2.45, 2.75) is 46.1 Å². The van der Waals surface area contributed by atoms with Crippen molar-refractivity contribution >= 4 is 16.9 Å². The summed E-state index contributed by atoms with van der Waals surface area (Å²) in [5, 5.41) is 0.725. The molecule has 126 valence electrons. The van der Waals surface area contributed by atoms with Gasteiger partial charge in [0.15, 0.2) is 0 Å². The van der Waals surface area contributed by atoms with Crippen LogP contribution in [0, 0.1) is 16.7 Å². The van der Waals surface area contributed by atoms with E-state index in [1.54, 1.807) is 18.2 Å². The van der Waals surface area contributed by atoms with Crippen molar-refractivity contribution in [3.8, 4) is 0 Å². The van der Waals surface area contributed by atoms with Crippen molar-refractivity contribution in [1.82, 2.24) is 0 Å². The monoisotopic (exact) mass is 326 g/mol. The van der Waals surface area contributed by atoms with Crippen LogP contribution in [0.4, 0.5) is 0 Å². The number of carbonyl (C=O) groups excluding carboxylic acids is 1. The third kappa shape index (κ3) is 1.98. The van der Waals surface area contributed by atoms with Gasteiger partial charge in [-0.05, 0) is 42.7 Å². The van der Waals surface area contributed by atoms with Crippen LogP contribution < -0.4 is 5.63 Å². The van der Waals surface area contributed by atoms with Crippen LogP contribution >= 0.6 is 0 Å². The average Bonchev–Trinajstić information content (AvgIpc) is 2.87. The van der Waals surface area contributed by atoms with Crippen molar-refractivity contribution in [2.24, 2.45) is 16.7 Å². The van der Waals surface area contributed by atoms with Crippen LogP contribution in [-0.4, -0.2) is 12.1 Å². The average molecular weight is 326 g/mol. The van der Waals surface area contributed by atoms with Gasteiger partial charge in [-0.25, -0.2) is 9.59 Å². The third-order valence-corrected chi connectivity index (χ3v) is 6.82. The molecule has 0 N–H and O–H groups in total. The fourth-order valence-electron chi connectivity index (χ4n) is 4.71. The molecule has 2 bridgehead atoms. The summed E-state index contributed by atoms with van der Waals surface area (Å²) in [5.74, 6) is 0.0115. The Hall–Kier alpha value is -2.10. The minimum Gasteiger partial charge on any atom is -0.458 e. The summed E-state index contributed by atoms with van der Waals surface area (Å²) in [6.07, 6.45) is 3.00. The highest BCUT2D eigenvalue weighted by Crippen LogP contribution is 2.66. The lowest BCUT2D eigenvalue weighted by atomic mass is 9.70. The molecule has 3 unspecified atom stereocenters. The first-order valence-corrected chi connectivity index (χ1v) is 8.57. The standard InChI is InChI=1S/C20H22O4/c1-19(2)13-8-9-20(19,3)16(11-13)24-18(22)14-10-12-6-4-5-7-15(12)23-17(14)21/h4-7,10,13,16H,8-9,11H2,1-3H3. The van der Waals surface area contributed by atoms with E-state index in [1.807, 2.05) is 12.1 Å². The van der Waals surface area contributed by atoms with Gasteiger partial charge < -0.3 is 9.15 Å². The lowest BCUT2D eigenvalue weighted by Gasteiger charge is -2.38. The number of benzene rings is 1. The number of hydrogen-bond acceptors (Lipinski definition) is 4. The van der Waals surface area contributed by atoms with Crippen molar-refractivity contribution in [3.63, 3.8) is 0 Å². The highest BCUT2D eigenvalue weighted by molar-refractivity contribution is 5.92. The van der Waals surface area contributed by atoms with E-state index in [4.69, 9.17) is 9.15 Å². The summed E-state index contributed by atoms with van der Waals surface area (Å²) in [7, 11) is 0. The topological polar surface area (TPSA) is 56.5 Å². The van der Waals surface area contributed by atoms with E-state index in [0.717, 1.165) is 18.2 Å². The Morgan fingerprint density at radius 1 is 1.25 bits per heavy atom. The van der Waals surface area contributed by atoms with Crippen molar-refractivity contribution in [2.75, 3.05) is 0 Å². The third-order valence-electron chi connectivity index (χ3n) is 6.82. The molecule has 4 heteroatoms. The zero-order valence-electron chi connectivity index (χ0n) is 14.3. The van der Waals surface area contributed by atoms with E-state index in [2.05, 4.69) is 20.8 Å². The second kappa shape index (κ2) is 4.95. The van der Waals surface area contributed by atoms with E-state index in [-0.39, 0.29) is 22.5 Å².